The molecule has 4 saturated carbocycles. The molecular weight excluding hydrogens is 526 g/mol. The van der Waals surface area contributed by atoms with Crippen molar-refractivity contribution in [1.82, 2.24) is 5.32 Å². The van der Waals surface area contributed by atoms with Crippen molar-refractivity contribution in [1.29, 1.82) is 0 Å². The van der Waals surface area contributed by atoms with Gasteiger partial charge in [-0.1, -0.05) is 60.1 Å². The van der Waals surface area contributed by atoms with E-state index in [-0.39, 0.29) is 63.5 Å². The second-order valence-electron chi connectivity index (χ2n) is 16.4. The number of allylic oxidation sites excluding steroid dienone is 2. The monoisotopic (exact) mass is 583 g/mol. The van der Waals surface area contributed by atoms with Gasteiger partial charge in [0, 0.05) is 19.3 Å². The Morgan fingerprint density at radius 1 is 0.881 bits per heavy atom. The molecule has 0 bridgehead atoms. The van der Waals surface area contributed by atoms with Crippen molar-refractivity contribution in [3.05, 3.63) is 11.6 Å². The molecule has 4 fully saturated rings. The van der Waals surface area contributed by atoms with Gasteiger partial charge in [0.2, 0.25) is 5.91 Å². The highest BCUT2D eigenvalue weighted by molar-refractivity contribution is 5.84. The van der Waals surface area contributed by atoms with Crippen LogP contribution in [0.1, 0.15) is 120 Å². The fourth-order valence-electron chi connectivity index (χ4n) is 11.8. The lowest BCUT2D eigenvalue weighted by atomic mass is 9.33. The molecule has 1 amide bonds. The molecule has 0 spiro atoms. The van der Waals surface area contributed by atoms with Crippen LogP contribution in [-0.4, -0.2) is 37.1 Å². The number of carbonyl (C=O) groups is 3. The van der Waals surface area contributed by atoms with E-state index in [9.17, 15) is 14.4 Å². The number of rotatable bonds is 5. The van der Waals surface area contributed by atoms with Gasteiger partial charge in [0.25, 0.3) is 0 Å². The summed E-state index contributed by atoms with van der Waals surface area (Å²) in [6, 6.07) is 0. The van der Waals surface area contributed by atoms with Gasteiger partial charge < -0.3 is 14.8 Å². The van der Waals surface area contributed by atoms with Gasteiger partial charge in [-0.2, -0.15) is 0 Å². The zero-order valence-electron chi connectivity index (χ0n) is 27.9. The second-order valence-corrected chi connectivity index (χ2v) is 16.4. The van der Waals surface area contributed by atoms with E-state index < -0.39 is 0 Å². The molecule has 0 aliphatic heterocycles. The first-order chi connectivity index (χ1) is 19.5. The quantitative estimate of drug-likeness (QED) is 0.209. The van der Waals surface area contributed by atoms with Crippen LogP contribution in [0.2, 0.25) is 0 Å². The molecule has 236 valence electrons. The summed E-state index contributed by atoms with van der Waals surface area (Å²) in [5, 5.41) is 3.20. The van der Waals surface area contributed by atoms with Crippen LogP contribution in [0, 0.1) is 56.7 Å². The molecule has 0 aromatic heterocycles. The van der Waals surface area contributed by atoms with Crippen molar-refractivity contribution in [3.8, 4) is 0 Å². The summed E-state index contributed by atoms with van der Waals surface area (Å²) in [6.07, 6.45) is 12.0. The Kier molecular flexibility index (Phi) is 8.00. The fourth-order valence-corrected chi connectivity index (χ4v) is 11.8. The largest absolute Gasteiger partial charge is 0.464 e. The first kappa shape index (κ1) is 31.6. The normalized spacial score (nSPS) is 45.6. The molecule has 5 aliphatic carbocycles. The third-order valence-electron chi connectivity index (χ3n) is 14.4. The number of esters is 2. The number of amides is 1. The molecule has 0 aromatic rings. The minimum Gasteiger partial charge on any atom is -0.464 e. The molecule has 0 heterocycles. The average molecular weight is 584 g/mol. The minimum absolute atomic E-state index is 0.0121. The zero-order valence-corrected chi connectivity index (χ0v) is 27.9. The third kappa shape index (κ3) is 4.50. The topological polar surface area (TPSA) is 81.7 Å². The summed E-state index contributed by atoms with van der Waals surface area (Å²) < 4.78 is 11.0. The Balaban J connectivity index is 1.49. The van der Waals surface area contributed by atoms with Crippen LogP contribution < -0.4 is 5.32 Å². The molecule has 0 radical (unpaired) electrons. The molecule has 5 rings (SSSR count). The van der Waals surface area contributed by atoms with Crippen molar-refractivity contribution in [2.45, 2.75) is 126 Å². The van der Waals surface area contributed by atoms with E-state index in [1.807, 2.05) is 0 Å². The van der Waals surface area contributed by atoms with Gasteiger partial charge in [0.1, 0.15) is 12.7 Å². The number of hydrogen-bond donors (Lipinski definition) is 1. The number of ether oxygens (including phenoxy) is 2. The summed E-state index contributed by atoms with van der Waals surface area (Å²) in [6.45, 7) is 20.7. The van der Waals surface area contributed by atoms with Gasteiger partial charge in [-0.25, -0.2) is 0 Å². The highest BCUT2D eigenvalue weighted by Gasteiger charge is 2.69. The Bertz CT molecular complexity index is 1140. The Morgan fingerprint density at radius 2 is 1.60 bits per heavy atom. The third-order valence-corrected chi connectivity index (χ3v) is 14.4. The van der Waals surface area contributed by atoms with Gasteiger partial charge in [-0.3, -0.25) is 14.4 Å². The van der Waals surface area contributed by atoms with E-state index in [4.69, 9.17) is 9.47 Å². The molecule has 0 saturated heterocycles. The second kappa shape index (κ2) is 10.6. The Hall–Kier alpha value is -1.85. The molecule has 42 heavy (non-hydrogen) atoms. The maximum absolute atomic E-state index is 14.1. The van der Waals surface area contributed by atoms with Crippen LogP contribution >= 0.6 is 0 Å². The van der Waals surface area contributed by atoms with Crippen molar-refractivity contribution in [3.63, 3.8) is 0 Å². The maximum atomic E-state index is 14.1. The molecular formula is C36H57NO5. The lowest BCUT2D eigenvalue weighted by Gasteiger charge is -2.71. The summed E-state index contributed by atoms with van der Waals surface area (Å²) in [7, 11) is 0. The van der Waals surface area contributed by atoms with E-state index in [0.29, 0.717) is 30.2 Å². The molecule has 0 aromatic carbocycles. The lowest BCUT2D eigenvalue weighted by Crippen LogP contribution is -2.66. The van der Waals surface area contributed by atoms with Gasteiger partial charge in [0.05, 0.1) is 12.0 Å². The summed E-state index contributed by atoms with van der Waals surface area (Å²) in [5.74, 6) is 2.03. The SMILES string of the molecule is CC(=O)OCCNC(=O)[C@]12CC[C@@H](C)[C@H](C)[C@H]1C1=CC[C@@H]3[C@@]4(C)CC[C@H](OC(C)=O)C(C)(C)[C@@H]4CC[C@@]3(C)[C@]1(C)CC2. The van der Waals surface area contributed by atoms with Gasteiger partial charge in [0.15, 0.2) is 0 Å². The number of hydrogen-bond acceptors (Lipinski definition) is 5. The minimum atomic E-state index is -0.387. The molecule has 1 N–H and O–H groups in total. The van der Waals surface area contributed by atoms with E-state index in [0.717, 1.165) is 51.4 Å². The molecule has 6 heteroatoms. The van der Waals surface area contributed by atoms with Crippen LogP contribution in [-0.2, 0) is 23.9 Å². The van der Waals surface area contributed by atoms with Crippen molar-refractivity contribution in [2.75, 3.05) is 13.2 Å². The lowest BCUT2D eigenvalue weighted by molar-refractivity contribution is -0.212. The maximum Gasteiger partial charge on any atom is 0.302 e. The first-order valence-electron chi connectivity index (χ1n) is 16.8. The Labute approximate surface area is 254 Å². The van der Waals surface area contributed by atoms with Crippen molar-refractivity contribution >= 4 is 17.8 Å². The smallest absolute Gasteiger partial charge is 0.302 e. The summed E-state index contributed by atoms with van der Waals surface area (Å²) in [4.78, 5) is 37.4. The number of fused-ring (bicyclic) bond motifs is 7. The predicted octanol–water partition coefficient (Wildman–Crippen LogP) is 7.26. The van der Waals surface area contributed by atoms with E-state index in [2.05, 4.69) is 59.9 Å². The van der Waals surface area contributed by atoms with Gasteiger partial charge in [-0.15, -0.1) is 0 Å². The Morgan fingerprint density at radius 3 is 2.26 bits per heavy atom. The van der Waals surface area contributed by atoms with Crippen LogP contribution in [0.5, 0.6) is 0 Å². The van der Waals surface area contributed by atoms with Crippen LogP contribution in [0.3, 0.4) is 0 Å². The molecule has 0 unspecified atom stereocenters. The molecule has 6 nitrogen and oxygen atoms in total. The van der Waals surface area contributed by atoms with E-state index in [1.54, 1.807) is 12.5 Å². The summed E-state index contributed by atoms with van der Waals surface area (Å²) >= 11 is 0. The number of carbonyl (C=O) groups excluding carboxylic acids is 3. The zero-order chi connectivity index (χ0) is 30.9. The average Bonchev–Trinajstić information content (AvgIpc) is 2.90. The first-order valence-corrected chi connectivity index (χ1v) is 16.8. The van der Waals surface area contributed by atoms with E-state index >= 15 is 0 Å². The van der Waals surface area contributed by atoms with Crippen LogP contribution in [0.4, 0.5) is 0 Å². The van der Waals surface area contributed by atoms with Crippen molar-refractivity contribution < 1.29 is 23.9 Å². The predicted molar refractivity (Wildman–Crippen MR) is 164 cm³/mol. The fraction of sp³-hybridized carbons (Fsp3) is 0.861. The van der Waals surface area contributed by atoms with E-state index in [1.165, 1.54) is 13.3 Å². The molecule has 10 atom stereocenters. The molecule has 5 aliphatic rings. The highest BCUT2D eigenvalue weighted by atomic mass is 16.5. The van der Waals surface area contributed by atoms with Crippen LogP contribution in [0.25, 0.3) is 0 Å². The highest BCUT2D eigenvalue weighted by Crippen LogP contribution is 2.75. The van der Waals surface area contributed by atoms with Crippen LogP contribution in [0.15, 0.2) is 11.6 Å². The van der Waals surface area contributed by atoms with Crippen molar-refractivity contribution in [2.24, 2.45) is 56.7 Å². The standard InChI is InChI=1S/C36H57NO5/c1-22-12-17-36(31(40)37-20-21-41-24(3)38)19-18-34(8)26(30(36)23(22)2)10-11-28-33(7)15-14-29(42-25(4)39)32(5,6)27(33)13-16-35(28,34)9/h10,22-23,27-30H,11-21H2,1-9H3,(H,37,40)/t22-,23+,27+,28-,29+,30+,33+,34-,35-,36+/m1/s1. The number of nitrogens with one attached hydrogen (secondary N) is 1. The van der Waals surface area contributed by atoms with Gasteiger partial charge in [-0.05, 0) is 104 Å². The van der Waals surface area contributed by atoms with Gasteiger partial charge >= 0.3 is 11.9 Å². The summed E-state index contributed by atoms with van der Waals surface area (Å²) in [5.41, 5.74) is 1.53.